The van der Waals surface area contributed by atoms with Crippen molar-refractivity contribution >= 4 is 33.2 Å². The van der Waals surface area contributed by atoms with Gasteiger partial charge in [0, 0.05) is 27.9 Å². The standard InChI is InChI=1S/C18H23BrN4S/c1-4-20-18(21-10-17-22-11(2)12(3)24-17)23-16-9-15(16)13-5-7-14(19)8-6-13/h5-8,15-16H,4,9-10H2,1-3H3,(H2,20,21,23). The van der Waals surface area contributed by atoms with Crippen LogP contribution in [0.25, 0.3) is 0 Å². The van der Waals surface area contributed by atoms with E-state index >= 15 is 0 Å². The SMILES string of the molecule is CCNC(=NCc1nc(C)c(C)s1)NC1CC1c1ccc(Br)cc1. The van der Waals surface area contributed by atoms with E-state index in [-0.39, 0.29) is 0 Å². The first kappa shape index (κ1) is 17.4. The zero-order valence-corrected chi connectivity index (χ0v) is 16.7. The third kappa shape index (κ3) is 4.36. The van der Waals surface area contributed by atoms with Crippen LogP contribution in [-0.4, -0.2) is 23.5 Å². The highest BCUT2D eigenvalue weighted by molar-refractivity contribution is 9.10. The molecule has 6 heteroatoms. The van der Waals surface area contributed by atoms with Gasteiger partial charge >= 0.3 is 0 Å². The number of aliphatic imine (C=N–C) groups is 1. The summed E-state index contributed by atoms with van der Waals surface area (Å²) in [6.45, 7) is 7.74. The average molecular weight is 407 g/mol. The van der Waals surface area contributed by atoms with E-state index in [1.54, 1.807) is 11.3 Å². The summed E-state index contributed by atoms with van der Waals surface area (Å²) in [5, 5.41) is 7.96. The third-order valence-corrected chi connectivity index (χ3v) is 5.79. The first-order valence-corrected chi connectivity index (χ1v) is 9.91. The molecule has 24 heavy (non-hydrogen) atoms. The highest BCUT2D eigenvalue weighted by Crippen LogP contribution is 2.41. The Kier molecular flexibility index (Phi) is 5.56. The Labute approximate surface area is 155 Å². The van der Waals surface area contributed by atoms with E-state index in [0.717, 1.165) is 34.1 Å². The quantitative estimate of drug-likeness (QED) is 0.579. The van der Waals surface area contributed by atoms with E-state index < -0.39 is 0 Å². The van der Waals surface area contributed by atoms with E-state index in [4.69, 9.17) is 4.99 Å². The molecule has 2 atom stereocenters. The Hall–Kier alpha value is -1.40. The van der Waals surface area contributed by atoms with Gasteiger partial charge in [0.25, 0.3) is 0 Å². The summed E-state index contributed by atoms with van der Waals surface area (Å²) < 4.78 is 1.13. The van der Waals surface area contributed by atoms with Gasteiger partial charge in [-0.3, -0.25) is 0 Å². The van der Waals surface area contributed by atoms with Crippen LogP contribution in [0.1, 0.15) is 40.4 Å². The number of hydrogen-bond donors (Lipinski definition) is 2. The Bertz CT molecular complexity index is 704. The highest BCUT2D eigenvalue weighted by atomic mass is 79.9. The molecule has 1 saturated carbocycles. The zero-order chi connectivity index (χ0) is 17.1. The van der Waals surface area contributed by atoms with Crippen molar-refractivity contribution in [1.29, 1.82) is 0 Å². The lowest BCUT2D eigenvalue weighted by molar-refractivity contribution is 0.794. The lowest BCUT2D eigenvalue weighted by Gasteiger charge is -2.11. The molecule has 0 spiro atoms. The molecule has 0 bridgehead atoms. The molecule has 0 amide bonds. The molecule has 2 unspecified atom stereocenters. The molecule has 1 heterocycles. The summed E-state index contributed by atoms with van der Waals surface area (Å²) in [5.74, 6) is 1.46. The van der Waals surface area contributed by atoms with Crippen LogP contribution in [0, 0.1) is 13.8 Å². The lowest BCUT2D eigenvalue weighted by atomic mass is 10.1. The highest BCUT2D eigenvalue weighted by Gasteiger charge is 2.38. The summed E-state index contributed by atoms with van der Waals surface area (Å²) in [7, 11) is 0. The summed E-state index contributed by atoms with van der Waals surface area (Å²) >= 11 is 5.22. The van der Waals surface area contributed by atoms with Crippen molar-refractivity contribution in [3.05, 3.63) is 49.9 Å². The summed E-state index contributed by atoms with van der Waals surface area (Å²) in [5.41, 5.74) is 2.50. The number of rotatable bonds is 5. The molecule has 0 saturated heterocycles. The van der Waals surface area contributed by atoms with Gasteiger partial charge in [0.05, 0.1) is 12.2 Å². The fourth-order valence-corrected chi connectivity index (χ4v) is 3.80. The molecule has 3 rings (SSSR count). The van der Waals surface area contributed by atoms with Crippen LogP contribution in [0.3, 0.4) is 0 Å². The monoisotopic (exact) mass is 406 g/mol. The van der Waals surface area contributed by atoms with Gasteiger partial charge < -0.3 is 10.6 Å². The molecule has 1 aliphatic carbocycles. The summed E-state index contributed by atoms with van der Waals surface area (Å²) in [4.78, 5) is 10.5. The second-order valence-corrected chi connectivity index (χ2v) is 8.29. The molecule has 2 aromatic rings. The number of benzene rings is 1. The number of nitrogens with one attached hydrogen (secondary N) is 2. The van der Waals surface area contributed by atoms with E-state index in [0.29, 0.717) is 18.5 Å². The molecule has 1 aliphatic rings. The van der Waals surface area contributed by atoms with Gasteiger partial charge in [-0.05, 0) is 44.9 Å². The third-order valence-electron chi connectivity index (χ3n) is 4.20. The van der Waals surface area contributed by atoms with E-state index in [1.807, 2.05) is 0 Å². The van der Waals surface area contributed by atoms with Crippen molar-refractivity contribution in [2.45, 2.75) is 45.7 Å². The van der Waals surface area contributed by atoms with Crippen LogP contribution in [0.5, 0.6) is 0 Å². The van der Waals surface area contributed by atoms with Crippen LogP contribution in [0.15, 0.2) is 33.7 Å². The van der Waals surface area contributed by atoms with Gasteiger partial charge in [-0.15, -0.1) is 11.3 Å². The maximum absolute atomic E-state index is 4.70. The van der Waals surface area contributed by atoms with Crippen molar-refractivity contribution in [2.24, 2.45) is 4.99 Å². The zero-order valence-electron chi connectivity index (χ0n) is 14.3. The number of guanidine groups is 1. The molecule has 1 aromatic heterocycles. The maximum atomic E-state index is 4.70. The molecule has 1 fully saturated rings. The summed E-state index contributed by atoms with van der Waals surface area (Å²) in [6, 6.07) is 9.07. The van der Waals surface area contributed by atoms with E-state index in [9.17, 15) is 0 Å². The lowest BCUT2D eigenvalue weighted by Crippen LogP contribution is -2.39. The predicted molar refractivity (Wildman–Crippen MR) is 105 cm³/mol. The molecular weight excluding hydrogens is 384 g/mol. The number of nitrogens with zero attached hydrogens (tertiary/aromatic N) is 2. The van der Waals surface area contributed by atoms with Crippen LogP contribution in [-0.2, 0) is 6.54 Å². The molecule has 0 aliphatic heterocycles. The first-order valence-electron chi connectivity index (χ1n) is 8.30. The number of aromatic nitrogens is 1. The van der Waals surface area contributed by atoms with Crippen LogP contribution < -0.4 is 10.6 Å². The summed E-state index contributed by atoms with van der Waals surface area (Å²) in [6.07, 6.45) is 1.15. The van der Waals surface area contributed by atoms with Crippen molar-refractivity contribution < 1.29 is 0 Å². The van der Waals surface area contributed by atoms with Gasteiger partial charge in [0.2, 0.25) is 0 Å². The number of hydrogen-bond acceptors (Lipinski definition) is 3. The number of aryl methyl sites for hydroxylation is 2. The molecule has 0 radical (unpaired) electrons. The Morgan fingerprint density at radius 2 is 2.08 bits per heavy atom. The maximum Gasteiger partial charge on any atom is 0.191 e. The number of thiazole rings is 1. The normalized spacial score (nSPS) is 20.1. The largest absolute Gasteiger partial charge is 0.357 e. The second-order valence-electron chi connectivity index (χ2n) is 6.09. The van der Waals surface area contributed by atoms with Crippen molar-refractivity contribution in [1.82, 2.24) is 15.6 Å². The van der Waals surface area contributed by atoms with Gasteiger partial charge in [-0.25, -0.2) is 9.98 Å². The first-order chi connectivity index (χ1) is 11.6. The van der Waals surface area contributed by atoms with Crippen LogP contribution >= 0.6 is 27.3 Å². The fraction of sp³-hybridized carbons (Fsp3) is 0.444. The van der Waals surface area contributed by atoms with Gasteiger partial charge in [-0.1, -0.05) is 28.1 Å². The Balaban J connectivity index is 1.60. The predicted octanol–water partition coefficient (Wildman–Crippen LogP) is 4.13. The van der Waals surface area contributed by atoms with Gasteiger partial charge in [-0.2, -0.15) is 0 Å². The Morgan fingerprint density at radius 3 is 2.71 bits per heavy atom. The van der Waals surface area contributed by atoms with Gasteiger partial charge in [0.1, 0.15) is 5.01 Å². The smallest absolute Gasteiger partial charge is 0.191 e. The van der Waals surface area contributed by atoms with Crippen LogP contribution in [0.2, 0.25) is 0 Å². The van der Waals surface area contributed by atoms with Gasteiger partial charge in [0.15, 0.2) is 5.96 Å². The topological polar surface area (TPSA) is 49.3 Å². The molecular formula is C18H23BrN4S. The van der Waals surface area contributed by atoms with E-state index in [2.05, 4.69) is 76.6 Å². The van der Waals surface area contributed by atoms with E-state index in [1.165, 1.54) is 10.4 Å². The molecule has 2 N–H and O–H groups in total. The van der Waals surface area contributed by atoms with Crippen molar-refractivity contribution in [3.8, 4) is 0 Å². The minimum Gasteiger partial charge on any atom is -0.357 e. The Morgan fingerprint density at radius 1 is 1.33 bits per heavy atom. The minimum atomic E-state index is 0.462. The average Bonchev–Trinajstić information content (AvgIpc) is 3.24. The molecule has 1 aromatic carbocycles. The van der Waals surface area contributed by atoms with Crippen molar-refractivity contribution in [3.63, 3.8) is 0 Å². The second kappa shape index (κ2) is 7.66. The molecule has 128 valence electrons. The van der Waals surface area contributed by atoms with Crippen LogP contribution in [0.4, 0.5) is 0 Å². The number of halogens is 1. The minimum absolute atomic E-state index is 0.462. The van der Waals surface area contributed by atoms with Crippen molar-refractivity contribution in [2.75, 3.05) is 6.54 Å². The fourth-order valence-electron chi connectivity index (χ4n) is 2.68. The molecule has 4 nitrogen and oxygen atoms in total.